The van der Waals surface area contributed by atoms with Gasteiger partial charge in [-0.3, -0.25) is 9.89 Å². The quantitative estimate of drug-likeness (QED) is 0.584. The summed E-state index contributed by atoms with van der Waals surface area (Å²) in [5, 5.41) is 0.976. The largest absolute Gasteiger partial charge is 0.390 e. The van der Waals surface area contributed by atoms with Gasteiger partial charge in [0.15, 0.2) is 5.13 Å². The van der Waals surface area contributed by atoms with Crippen LogP contribution in [0.4, 0.5) is 5.13 Å². The zero-order chi connectivity index (χ0) is 19.6. The maximum absolute atomic E-state index is 5.77. The lowest BCUT2D eigenvalue weighted by Gasteiger charge is -2.35. The molecule has 0 radical (unpaired) electrons. The first kappa shape index (κ1) is 24.3. The lowest BCUT2D eigenvalue weighted by atomic mass is 10.2. The molecular weight excluding hydrogens is 396 g/mol. The number of aromatic nitrogens is 2. The minimum Gasteiger partial charge on any atom is -0.390 e. The van der Waals surface area contributed by atoms with Crippen LogP contribution in [0.3, 0.4) is 0 Å². The number of morpholine rings is 1. The second-order valence-electron chi connectivity index (χ2n) is 6.53. The van der Waals surface area contributed by atoms with E-state index < -0.39 is 0 Å². The number of hydrogen-bond acceptors (Lipinski definition) is 7. The van der Waals surface area contributed by atoms with Crippen LogP contribution in [0.15, 0.2) is 35.6 Å². The summed E-state index contributed by atoms with van der Waals surface area (Å²) in [4.78, 5) is 17.9. The number of anilines is 1. The van der Waals surface area contributed by atoms with Crippen molar-refractivity contribution >= 4 is 45.6 Å². The molecule has 1 aliphatic rings. The number of thiazole rings is 1. The van der Waals surface area contributed by atoms with Gasteiger partial charge in [-0.25, -0.2) is 9.97 Å². The molecule has 0 aliphatic carbocycles. The third-order valence-electron chi connectivity index (χ3n) is 4.04. The van der Waals surface area contributed by atoms with E-state index in [1.54, 1.807) is 18.4 Å². The highest BCUT2D eigenvalue weighted by Gasteiger charge is 2.21. The van der Waals surface area contributed by atoms with E-state index in [2.05, 4.69) is 50.9 Å². The first-order valence-electron chi connectivity index (χ1n) is 9.14. The molecule has 1 fully saturated rings. The van der Waals surface area contributed by atoms with Crippen LogP contribution in [0.2, 0.25) is 0 Å². The van der Waals surface area contributed by atoms with E-state index in [1.807, 2.05) is 25.4 Å². The van der Waals surface area contributed by atoms with Gasteiger partial charge in [0.05, 0.1) is 18.5 Å². The van der Waals surface area contributed by atoms with Crippen LogP contribution in [0, 0.1) is 0 Å². The van der Waals surface area contributed by atoms with Crippen LogP contribution in [-0.4, -0.2) is 67.1 Å². The van der Waals surface area contributed by atoms with Crippen LogP contribution in [0.5, 0.6) is 0 Å². The maximum Gasteiger partial charge on any atom is 0.191 e. The zero-order valence-electron chi connectivity index (χ0n) is 17.0. The molecule has 0 amide bonds. The number of rotatable bonds is 5. The fourth-order valence-corrected chi connectivity index (χ4v) is 3.78. The third-order valence-corrected chi connectivity index (χ3v) is 5.11. The number of nitrogens with zero attached hydrogens (tertiary/aromatic N) is 5. The Balaban J connectivity index is 0.000000717. The average molecular weight is 427 g/mol. The molecule has 1 saturated heterocycles. The lowest BCUT2D eigenvalue weighted by molar-refractivity contribution is -0.0673. The Labute approximate surface area is 177 Å². The zero-order valence-corrected chi connectivity index (χ0v) is 18.6. The van der Waals surface area contributed by atoms with Gasteiger partial charge >= 0.3 is 0 Å². The van der Waals surface area contributed by atoms with E-state index in [1.165, 1.54) is 6.34 Å². The van der Waals surface area contributed by atoms with Gasteiger partial charge in [-0.2, -0.15) is 0 Å². The predicted octanol–water partition coefficient (Wildman–Crippen LogP) is 3.17. The van der Waals surface area contributed by atoms with Crippen molar-refractivity contribution in [2.45, 2.75) is 32.5 Å². The second kappa shape index (κ2) is 12.7. The van der Waals surface area contributed by atoms with Crippen molar-refractivity contribution in [1.29, 1.82) is 0 Å². The van der Waals surface area contributed by atoms with Crippen LogP contribution in [-0.2, 0) is 4.74 Å². The number of ether oxygens (including phenoxy) is 1. The van der Waals surface area contributed by atoms with E-state index in [0.29, 0.717) is 12.2 Å². The van der Waals surface area contributed by atoms with Crippen molar-refractivity contribution in [2.75, 3.05) is 38.6 Å². The molecule has 2 atom stereocenters. The molecule has 2 aromatic rings. The van der Waals surface area contributed by atoms with E-state index in [0.717, 1.165) is 41.5 Å². The van der Waals surface area contributed by atoms with Gasteiger partial charge in [0.2, 0.25) is 0 Å². The summed E-state index contributed by atoms with van der Waals surface area (Å²) in [5.41, 5.74) is 5.70. The normalized spacial score (nSPS) is 20.1. The van der Waals surface area contributed by atoms with Gasteiger partial charge in [0, 0.05) is 46.1 Å². The first-order valence-corrected chi connectivity index (χ1v) is 9.96. The molecule has 0 aromatic carbocycles. The fourth-order valence-electron chi connectivity index (χ4n) is 2.93. The SMILES string of the molecule is CN=CN.C[C@@H]1CN(CC/C=C/N(C)c2nc3cccnc3s2)C[C@H](C)O1.Cl. The number of nitrogens with two attached hydrogens (primary N) is 1. The van der Waals surface area contributed by atoms with Gasteiger partial charge in [-0.15, -0.1) is 12.4 Å². The molecule has 9 heteroatoms. The molecule has 3 heterocycles. The molecule has 7 nitrogen and oxygen atoms in total. The van der Waals surface area contributed by atoms with Crippen molar-refractivity contribution in [3.8, 4) is 0 Å². The van der Waals surface area contributed by atoms with E-state index >= 15 is 0 Å². The van der Waals surface area contributed by atoms with Gasteiger partial charge in [0.25, 0.3) is 0 Å². The molecule has 0 bridgehead atoms. The number of pyridine rings is 1. The summed E-state index contributed by atoms with van der Waals surface area (Å²) >= 11 is 1.62. The first-order chi connectivity index (χ1) is 13.0. The number of hydrogen-bond donors (Lipinski definition) is 1. The van der Waals surface area contributed by atoms with Crippen LogP contribution in [0.25, 0.3) is 10.3 Å². The minimum atomic E-state index is 0. The molecule has 3 rings (SSSR count). The topological polar surface area (TPSA) is 79.9 Å². The Hall–Kier alpha value is -1.74. The number of aliphatic imine (C=N–C) groups is 1. The Morgan fingerprint density at radius 3 is 2.68 bits per heavy atom. The minimum absolute atomic E-state index is 0. The predicted molar refractivity (Wildman–Crippen MR) is 122 cm³/mol. The Morgan fingerprint density at radius 1 is 1.39 bits per heavy atom. The molecule has 156 valence electrons. The Kier molecular flexibility index (Phi) is 11.0. The Bertz CT molecular complexity index is 706. The van der Waals surface area contributed by atoms with Crippen molar-refractivity contribution in [1.82, 2.24) is 14.9 Å². The molecule has 0 unspecified atom stereocenters. The summed E-state index contributed by atoms with van der Waals surface area (Å²) in [7, 11) is 3.66. The molecule has 1 aliphatic heterocycles. The highest BCUT2D eigenvalue weighted by molar-refractivity contribution is 7.21. The molecule has 0 saturated carbocycles. The van der Waals surface area contributed by atoms with Crippen LogP contribution < -0.4 is 10.6 Å². The number of halogens is 1. The lowest BCUT2D eigenvalue weighted by Crippen LogP contribution is -2.45. The van der Waals surface area contributed by atoms with Crippen molar-refractivity contribution in [3.63, 3.8) is 0 Å². The summed E-state index contributed by atoms with van der Waals surface area (Å²) in [6.45, 7) is 7.42. The van der Waals surface area contributed by atoms with Gasteiger partial charge < -0.3 is 15.4 Å². The van der Waals surface area contributed by atoms with Gasteiger partial charge in [-0.1, -0.05) is 17.4 Å². The van der Waals surface area contributed by atoms with Crippen molar-refractivity contribution in [3.05, 3.63) is 30.6 Å². The maximum atomic E-state index is 5.77. The van der Waals surface area contributed by atoms with Crippen molar-refractivity contribution in [2.24, 2.45) is 10.7 Å². The third kappa shape index (κ3) is 7.71. The summed E-state index contributed by atoms with van der Waals surface area (Å²) in [6.07, 6.45) is 9.08. The monoisotopic (exact) mass is 426 g/mol. The van der Waals surface area contributed by atoms with Crippen molar-refractivity contribution < 1.29 is 4.74 Å². The molecular formula is C19H31ClN6OS. The molecule has 2 N–H and O–H groups in total. The summed E-state index contributed by atoms with van der Waals surface area (Å²) in [6, 6.07) is 3.92. The fraction of sp³-hybridized carbons (Fsp3) is 0.526. The molecule has 2 aromatic heterocycles. The van der Waals surface area contributed by atoms with Crippen LogP contribution >= 0.6 is 23.7 Å². The number of fused-ring (bicyclic) bond motifs is 1. The standard InChI is InChI=1S/C17H24N4OS.C2H6N2.ClH/c1-13-11-21(12-14(2)22-13)10-5-4-9-20(3)17-19-15-7-6-8-18-16(15)23-17;1-4-2-3;/h4,6-9,13-14H,5,10-12H2,1-3H3;2H,1H3,(H2,3,4);1H/b9-4+;;/t13-,14+;;. The summed E-state index contributed by atoms with van der Waals surface area (Å²) < 4.78 is 5.77. The highest BCUT2D eigenvalue weighted by Crippen LogP contribution is 2.26. The van der Waals surface area contributed by atoms with E-state index in [-0.39, 0.29) is 12.4 Å². The molecule has 28 heavy (non-hydrogen) atoms. The van der Waals surface area contributed by atoms with E-state index in [9.17, 15) is 0 Å². The van der Waals surface area contributed by atoms with Gasteiger partial charge in [-0.05, 0) is 32.4 Å². The summed E-state index contributed by atoms with van der Waals surface area (Å²) in [5.74, 6) is 0. The van der Waals surface area contributed by atoms with E-state index in [4.69, 9.17) is 10.5 Å². The highest BCUT2D eigenvalue weighted by atomic mass is 35.5. The van der Waals surface area contributed by atoms with Gasteiger partial charge in [0.1, 0.15) is 10.3 Å². The molecule has 0 spiro atoms. The average Bonchev–Trinajstić information content (AvgIpc) is 3.09. The second-order valence-corrected chi connectivity index (χ2v) is 7.49. The van der Waals surface area contributed by atoms with Crippen LogP contribution in [0.1, 0.15) is 20.3 Å². The Morgan fingerprint density at radius 2 is 2.07 bits per heavy atom. The smallest absolute Gasteiger partial charge is 0.191 e.